The van der Waals surface area contributed by atoms with E-state index in [4.69, 9.17) is 5.10 Å². The van der Waals surface area contributed by atoms with Crippen LogP contribution in [0.25, 0.3) is 27.8 Å². The van der Waals surface area contributed by atoms with E-state index in [9.17, 15) is 0 Å². The molecule has 4 aromatic rings. The zero-order valence-corrected chi connectivity index (χ0v) is 12.6. The summed E-state index contributed by atoms with van der Waals surface area (Å²) in [5.41, 5.74) is 5.12. The predicted molar refractivity (Wildman–Crippen MR) is 90.3 cm³/mol. The van der Waals surface area contributed by atoms with Gasteiger partial charge < -0.3 is 4.90 Å². The summed E-state index contributed by atoms with van der Waals surface area (Å²) in [5.74, 6) is 0. The van der Waals surface area contributed by atoms with E-state index < -0.39 is 0 Å². The monoisotopic (exact) mass is 288 g/mol. The Labute approximate surface area is 128 Å². The van der Waals surface area contributed by atoms with Gasteiger partial charge >= 0.3 is 0 Å². The lowest BCUT2D eigenvalue weighted by Crippen LogP contribution is -2.09. The zero-order valence-electron chi connectivity index (χ0n) is 12.6. The van der Waals surface area contributed by atoms with Gasteiger partial charge in [-0.3, -0.25) is 0 Å². The average molecular weight is 288 g/mol. The summed E-state index contributed by atoms with van der Waals surface area (Å²) in [5, 5.41) is 5.85. The van der Waals surface area contributed by atoms with Gasteiger partial charge in [-0.1, -0.05) is 36.4 Å². The van der Waals surface area contributed by atoms with Crippen molar-refractivity contribution in [2.45, 2.75) is 0 Å². The molecule has 0 saturated carbocycles. The zero-order chi connectivity index (χ0) is 15.1. The third kappa shape index (κ3) is 1.92. The average Bonchev–Trinajstić information content (AvgIpc) is 2.99. The first-order chi connectivity index (χ1) is 10.7. The minimum absolute atomic E-state index is 0.863. The van der Waals surface area contributed by atoms with Crippen molar-refractivity contribution in [1.82, 2.24) is 14.6 Å². The number of aromatic nitrogens is 3. The highest BCUT2D eigenvalue weighted by atomic mass is 15.3. The molecule has 4 rings (SSSR count). The van der Waals surface area contributed by atoms with E-state index in [2.05, 4.69) is 40.2 Å². The third-order valence-corrected chi connectivity index (χ3v) is 3.86. The largest absolute Gasteiger partial charge is 0.377 e. The summed E-state index contributed by atoms with van der Waals surface area (Å²) in [6.07, 6.45) is 1.93. The van der Waals surface area contributed by atoms with Crippen LogP contribution in [0.4, 0.5) is 5.69 Å². The number of fused-ring (bicyclic) bond motifs is 3. The molecule has 0 atom stereocenters. The molecular weight excluding hydrogens is 272 g/mol. The second kappa shape index (κ2) is 4.84. The molecule has 4 heteroatoms. The lowest BCUT2D eigenvalue weighted by molar-refractivity contribution is 0.986. The summed E-state index contributed by atoms with van der Waals surface area (Å²) in [6, 6.07) is 18.4. The lowest BCUT2D eigenvalue weighted by Gasteiger charge is -2.15. The maximum atomic E-state index is 4.75. The quantitative estimate of drug-likeness (QED) is 0.565. The van der Waals surface area contributed by atoms with Gasteiger partial charge in [0.15, 0.2) is 5.65 Å². The van der Waals surface area contributed by atoms with Crippen molar-refractivity contribution in [1.29, 1.82) is 0 Å². The van der Waals surface area contributed by atoms with Crippen molar-refractivity contribution < 1.29 is 0 Å². The van der Waals surface area contributed by atoms with Crippen LogP contribution >= 0.6 is 0 Å². The van der Waals surface area contributed by atoms with Crippen molar-refractivity contribution in [2.75, 3.05) is 19.0 Å². The van der Waals surface area contributed by atoms with E-state index in [1.807, 2.05) is 49.1 Å². The Kier molecular flexibility index (Phi) is 2.82. The fourth-order valence-corrected chi connectivity index (χ4v) is 2.77. The van der Waals surface area contributed by atoms with Crippen molar-refractivity contribution in [2.24, 2.45) is 0 Å². The molecule has 0 amide bonds. The normalized spacial score (nSPS) is 11.2. The van der Waals surface area contributed by atoms with Crippen LogP contribution in [0.2, 0.25) is 0 Å². The second-order valence-corrected chi connectivity index (χ2v) is 5.53. The van der Waals surface area contributed by atoms with E-state index >= 15 is 0 Å². The highest BCUT2D eigenvalue weighted by Gasteiger charge is 2.10. The molecule has 0 N–H and O–H groups in total. The van der Waals surface area contributed by atoms with Gasteiger partial charge in [-0.05, 0) is 12.1 Å². The molecule has 108 valence electrons. The molecule has 0 spiro atoms. The summed E-state index contributed by atoms with van der Waals surface area (Å²) >= 11 is 0. The number of anilines is 1. The molecule has 2 heterocycles. The van der Waals surface area contributed by atoms with Crippen LogP contribution in [0.3, 0.4) is 0 Å². The second-order valence-electron chi connectivity index (χ2n) is 5.53. The topological polar surface area (TPSA) is 33.4 Å². The number of benzene rings is 2. The molecule has 0 saturated heterocycles. The highest BCUT2D eigenvalue weighted by molar-refractivity contribution is 5.92. The Hall–Kier alpha value is -2.88. The molecule has 22 heavy (non-hydrogen) atoms. The maximum Gasteiger partial charge on any atom is 0.156 e. The van der Waals surface area contributed by atoms with Crippen LogP contribution in [-0.4, -0.2) is 28.7 Å². The van der Waals surface area contributed by atoms with E-state index in [1.54, 1.807) is 0 Å². The van der Waals surface area contributed by atoms with E-state index in [-0.39, 0.29) is 0 Å². The van der Waals surface area contributed by atoms with Crippen LogP contribution in [0.15, 0.2) is 60.8 Å². The molecule has 0 aliphatic carbocycles. The first kappa shape index (κ1) is 12.8. The molecule has 4 nitrogen and oxygen atoms in total. The Morgan fingerprint density at radius 3 is 2.55 bits per heavy atom. The van der Waals surface area contributed by atoms with Gasteiger partial charge in [0, 0.05) is 43.0 Å². The minimum atomic E-state index is 0.863. The fraction of sp³-hybridized carbons (Fsp3) is 0.111. The highest BCUT2D eigenvalue weighted by Crippen LogP contribution is 2.27. The Morgan fingerprint density at radius 2 is 1.77 bits per heavy atom. The number of rotatable bonds is 2. The van der Waals surface area contributed by atoms with Gasteiger partial charge in [-0.25, -0.2) is 9.50 Å². The maximum absolute atomic E-state index is 4.75. The predicted octanol–water partition coefficient (Wildman–Crippen LogP) is 3.62. The van der Waals surface area contributed by atoms with E-state index in [1.165, 1.54) is 0 Å². The van der Waals surface area contributed by atoms with Gasteiger partial charge in [0.2, 0.25) is 0 Å². The fourth-order valence-electron chi connectivity index (χ4n) is 2.77. The Balaban J connectivity index is 2.01. The van der Waals surface area contributed by atoms with Crippen molar-refractivity contribution in [3.05, 3.63) is 60.8 Å². The van der Waals surface area contributed by atoms with E-state index in [0.29, 0.717) is 0 Å². The Morgan fingerprint density at radius 1 is 0.955 bits per heavy atom. The van der Waals surface area contributed by atoms with Crippen LogP contribution in [0.1, 0.15) is 0 Å². The number of hydrogen-bond acceptors (Lipinski definition) is 3. The molecule has 2 aromatic carbocycles. The van der Waals surface area contributed by atoms with Gasteiger partial charge in [0.25, 0.3) is 0 Å². The summed E-state index contributed by atoms with van der Waals surface area (Å²) in [6.45, 7) is 0. The standard InChI is InChI=1S/C18H16N4/c1-21(2)16-9-6-10-17-14(16)12-19-18-11-15(20-22(17)18)13-7-4-3-5-8-13/h3-12H,1-2H3. The SMILES string of the molecule is CN(C)c1cccc2c1cnc1cc(-c3ccccc3)nn12. The van der Waals surface area contributed by atoms with Gasteiger partial charge in [0.1, 0.15) is 0 Å². The minimum Gasteiger partial charge on any atom is -0.377 e. The van der Waals surface area contributed by atoms with Gasteiger partial charge in [0.05, 0.1) is 11.2 Å². The van der Waals surface area contributed by atoms with Crippen LogP contribution in [0, 0.1) is 0 Å². The first-order valence-electron chi connectivity index (χ1n) is 7.24. The summed E-state index contributed by atoms with van der Waals surface area (Å²) < 4.78 is 1.92. The van der Waals surface area contributed by atoms with E-state index in [0.717, 1.165) is 33.5 Å². The van der Waals surface area contributed by atoms with Gasteiger partial charge in [-0.15, -0.1) is 0 Å². The number of hydrogen-bond donors (Lipinski definition) is 0. The molecule has 0 fully saturated rings. The summed E-state index contributed by atoms with van der Waals surface area (Å²) in [4.78, 5) is 6.67. The van der Waals surface area contributed by atoms with Crippen molar-refractivity contribution in [3.8, 4) is 11.3 Å². The molecule has 0 bridgehead atoms. The van der Waals surface area contributed by atoms with Gasteiger partial charge in [-0.2, -0.15) is 5.10 Å². The molecule has 0 radical (unpaired) electrons. The van der Waals surface area contributed by atoms with Crippen LogP contribution in [0.5, 0.6) is 0 Å². The van der Waals surface area contributed by atoms with Crippen LogP contribution < -0.4 is 4.90 Å². The molecule has 0 aliphatic rings. The molecule has 0 aliphatic heterocycles. The Bertz CT molecular complexity index is 955. The molecule has 0 unspecified atom stereocenters. The lowest BCUT2D eigenvalue weighted by atomic mass is 10.2. The first-order valence-corrected chi connectivity index (χ1v) is 7.24. The molecule has 2 aromatic heterocycles. The van der Waals surface area contributed by atoms with Crippen molar-refractivity contribution >= 4 is 22.2 Å². The smallest absolute Gasteiger partial charge is 0.156 e. The third-order valence-electron chi connectivity index (χ3n) is 3.86. The summed E-state index contributed by atoms with van der Waals surface area (Å²) in [7, 11) is 4.08. The van der Waals surface area contributed by atoms with Crippen molar-refractivity contribution in [3.63, 3.8) is 0 Å². The van der Waals surface area contributed by atoms with Crippen LogP contribution in [-0.2, 0) is 0 Å². The number of nitrogens with zero attached hydrogens (tertiary/aromatic N) is 4. The molecular formula is C18H16N4.